The van der Waals surface area contributed by atoms with Gasteiger partial charge in [-0.2, -0.15) is 0 Å². The topological polar surface area (TPSA) is 41.6 Å². The van der Waals surface area contributed by atoms with Crippen molar-refractivity contribution in [3.63, 3.8) is 0 Å². The van der Waals surface area contributed by atoms with E-state index in [1.54, 1.807) is 13.1 Å². The van der Waals surface area contributed by atoms with Crippen LogP contribution in [0.2, 0.25) is 0 Å². The van der Waals surface area contributed by atoms with Crippen LogP contribution in [0.15, 0.2) is 18.2 Å². The van der Waals surface area contributed by atoms with Crippen LogP contribution in [0.25, 0.3) is 0 Å². The van der Waals surface area contributed by atoms with Crippen molar-refractivity contribution in [3.8, 4) is 5.75 Å². The molecule has 2 rings (SSSR count). The Morgan fingerprint density at radius 1 is 1.45 bits per heavy atom. The molecular weight excluding hydrogens is 259 g/mol. The van der Waals surface area contributed by atoms with Crippen molar-refractivity contribution in [2.45, 2.75) is 25.8 Å². The molecule has 4 nitrogen and oxygen atoms in total. The maximum atomic E-state index is 13.3. The van der Waals surface area contributed by atoms with Gasteiger partial charge in [-0.25, -0.2) is 4.39 Å². The van der Waals surface area contributed by atoms with Gasteiger partial charge in [-0.15, -0.1) is 0 Å². The summed E-state index contributed by atoms with van der Waals surface area (Å²) in [6.07, 6.45) is 2.12. The largest absolute Gasteiger partial charge is 0.483 e. The fourth-order valence-corrected chi connectivity index (χ4v) is 2.34. The van der Waals surface area contributed by atoms with Crippen LogP contribution in [-0.4, -0.2) is 37.6 Å². The lowest BCUT2D eigenvalue weighted by Crippen LogP contribution is -2.32. The zero-order chi connectivity index (χ0) is 14.5. The second-order valence-corrected chi connectivity index (χ2v) is 5.07. The van der Waals surface area contributed by atoms with Gasteiger partial charge in [0.1, 0.15) is 11.6 Å². The van der Waals surface area contributed by atoms with Crippen molar-refractivity contribution >= 4 is 5.91 Å². The minimum absolute atomic E-state index is 0.00474. The van der Waals surface area contributed by atoms with E-state index >= 15 is 0 Å². The van der Waals surface area contributed by atoms with Gasteiger partial charge in [0, 0.05) is 24.7 Å². The Morgan fingerprint density at radius 2 is 2.15 bits per heavy atom. The summed E-state index contributed by atoms with van der Waals surface area (Å²) in [5.41, 5.74) is 0.724. The molecule has 0 bridgehead atoms. The SMILES string of the molecule is CNC(C)c1cc(F)ccc1OCC(=O)N1CCCC1. The quantitative estimate of drug-likeness (QED) is 0.898. The first-order valence-corrected chi connectivity index (χ1v) is 6.99. The number of benzene rings is 1. The molecule has 1 fully saturated rings. The number of ether oxygens (including phenoxy) is 1. The molecule has 1 amide bonds. The van der Waals surface area contributed by atoms with Crippen LogP contribution in [0.5, 0.6) is 5.75 Å². The van der Waals surface area contributed by atoms with Gasteiger partial charge in [0.2, 0.25) is 0 Å². The number of likely N-dealkylation sites (tertiary alicyclic amines) is 1. The molecule has 5 heteroatoms. The molecule has 0 aromatic heterocycles. The molecule has 1 aliphatic rings. The third-order valence-electron chi connectivity index (χ3n) is 3.68. The van der Waals surface area contributed by atoms with E-state index in [0.29, 0.717) is 5.75 Å². The molecule has 110 valence electrons. The fourth-order valence-electron chi connectivity index (χ4n) is 2.34. The zero-order valence-corrected chi connectivity index (χ0v) is 12.0. The summed E-state index contributed by atoms with van der Waals surface area (Å²) in [6.45, 7) is 3.55. The molecule has 0 spiro atoms. The summed E-state index contributed by atoms with van der Waals surface area (Å²) in [5, 5.41) is 3.05. The normalized spacial score (nSPS) is 16.2. The predicted octanol–water partition coefficient (Wildman–Crippen LogP) is 2.11. The third kappa shape index (κ3) is 3.48. The highest BCUT2D eigenvalue weighted by atomic mass is 19.1. The van der Waals surface area contributed by atoms with Crippen LogP contribution in [0.1, 0.15) is 31.4 Å². The molecule has 1 aromatic rings. The summed E-state index contributed by atoms with van der Waals surface area (Å²) in [5.74, 6) is 0.246. The summed E-state index contributed by atoms with van der Waals surface area (Å²) in [4.78, 5) is 13.8. The molecule has 1 unspecified atom stereocenters. The van der Waals surface area contributed by atoms with Crippen molar-refractivity contribution in [1.29, 1.82) is 0 Å². The van der Waals surface area contributed by atoms with Crippen LogP contribution in [0, 0.1) is 5.82 Å². The number of rotatable bonds is 5. The molecule has 0 aliphatic carbocycles. The van der Waals surface area contributed by atoms with Crippen LogP contribution >= 0.6 is 0 Å². The Labute approximate surface area is 118 Å². The summed E-state index contributed by atoms with van der Waals surface area (Å²) >= 11 is 0. The van der Waals surface area contributed by atoms with Gasteiger partial charge < -0.3 is 15.0 Å². The van der Waals surface area contributed by atoms with E-state index in [2.05, 4.69) is 5.32 Å². The Balaban J connectivity index is 2.03. The Hall–Kier alpha value is -1.62. The number of halogens is 1. The van der Waals surface area contributed by atoms with E-state index in [4.69, 9.17) is 4.74 Å². The Bertz CT molecular complexity index is 473. The standard InChI is InChI=1S/C15H21FN2O2/c1-11(17-2)13-9-12(16)5-6-14(13)20-10-15(19)18-7-3-4-8-18/h5-6,9,11,17H,3-4,7-8,10H2,1-2H3. The Morgan fingerprint density at radius 3 is 2.80 bits per heavy atom. The summed E-state index contributed by atoms with van der Waals surface area (Å²) in [7, 11) is 1.80. The van der Waals surface area contributed by atoms with Gasteiger partial charge in [-0.05, 0) is 45.0 Å². The van der Waals surface area contributed by atoms with Crippen LogP contribution in [-0.2, 0) is 4.79 Å². The van der Waals surface area contributed by atoms with Crippen molar-refractivity contribution in [1.82, 2.24) is 10.2 Å². The maximum absolute atomic E-state index is 13.3. The number of nitrogens with one attached hydrogen (secondary N) is 1. The first kappa shape index (κ1) is 14.8. The summed E-state index contributed by atoms with van der Waals surface area (Å²) in [6, 6.07) is 4.33. The van der Waals surface area contributed by atoms with Gasteiger partial charge in [-0.3, -0.25) is 4.79 Å². The molecule has 0 radical (unpaired) electrons. The van der Waals surface area contributed by atoms with Crippen LogP contribution in [0.3, 0.4) is 0 Å². The lowest BCUT2D eigenvalue weighted by molar-refractivity contribution is -0.132. The number of hydrogen-bond acceptors (Lipinski definition) is 3. The van der Waals surface area contributed by atoms with Crippen LogP contribution in [0.4, 0.5) is 4.39 Å². The highest BCUT2D eigenvalue weighted by molar-refractivity contribution is 5.78. The van der Waals surface area contributed by atoms with E-state index in [9.17, 15) is 9.18 Å². The minimum atomic E-state index is -0.305. The van der Waals surface area contributed by atoms with Crippen molar-refractivity contribution in [3.05, 3.63) is 29.6 Å². The number of nitrogens with zero attached hydrogens (tertiary/aromatic N) is 1. The molecule has 1 aromatic carbocycles. The van der Waals surface area contributed by atoms with E-state index < -0.39 is 0 Å². The zero-order valence-electron chi connectivity index (χ0n) is 12.0. The molecule has 1 saturated heterocycles. The van der Waals surface area contributed by atoms with E-state index in [1.165, 1.54) is 12.1 Å². The van der Waals surface area contributed by atoms with Crippen molar-refractivity contribution in [2.75, 3.05) is 26.7 Å². The molecule has 1 atom stereocenters. The van der Waals surface area contributed by atoms with Crippen molar-refractivity contribution in [2.24, 2.45) is 0 Å². The predicted molar refractivity (Wildman–Crippen MR) is 75.2 cm³/mol. The van der Waals surface area contributed by atoms with Crippen LogP contribution < -0.4 is 10.1 Å². The molecule has 0 saturated carbocycles. The molecule has 1 heterocycles. The minimum Gasteiger partial charge on any atom is -0.483 e. The number of carbonyl (C=O) groups excluding carboxylic acids is 1. The summed E-state index contributed by atoms with van der Waals surface area (Å²) < 4.78 is 18.9. The van der Waals surface area contributed by atoms with Gasteiger partial charge >= 0.3 is 0 Å². The van der Waals surface area contributed by atoms with E-state index in [0.717, 1.165) is 31.5 Å². The maximum Gasteiger partial charge on any atom is 0.260 e. The fraction of sp³-hybridized carbons (Fsp3) is 0.533. The van der Waals surface area contributed by atoms with Gasteiger partial charge in [0.05, 0.1) is 0 Å². The lowest BCUT2D eigenvalue weighted by Gasteiger charge is -2.19. The second kappa shape index (κ2) is 6.70. The molecule has 1 aliphatic heterocycles. The first-order valence-electron chi connectivity index (χ1n) is 6.99. The van der Waals surface area contributed by atoms with E-state index in [1.807, 2.05) is 11.8 Å². The number of hydrogen-bond donors (Lipinski definition) is 1. The van der Waals surface area contributed by atoms with E-state index in [-0.39, 0.29) is 24.4 Å². The van der Waals surface area contributed by atoms with Crippen molar-refractivity contribution < 1.29 is 13.9 Å². The second-order valence-electron chi connectivity index (χ2n) is 5.07. The Kier molecular flexibility index (Phi) is 4.95. The lowest BCUT2D eigenvalue weighted by atomic mass is 10.1. The van der Waals surface area contributed by atoms with Gasteiger partial charge in [-0.1, -0.05) is 0 Å². The highest BCUT2D eigenvalue weighted by Crippen LogP contribution is 2.26. The third-order valence-corrected chi connectivity index (χ3v) is 3.68. The number of amides is 1. The first-order chi connectivity index (χ1) is 9.61. The molecule has 20 heavy (non-hydrogen) atoms. The molecule has 1 N–H and O–H groups in total. The average Bonchev–Trinajstić information content (AvgIpc) is 2.99. The smallest absolute Gasteiger partial charge is 0.260 e. The molecular formula is C15H21FN2O2. The van der Waals surface area contributed by atoms with Gasteiger partial charge in [0.15, 0.2) is 6.61 Å². The number of carbonyl (C=O) groups is 1. The van der Waals surface area contributed by atoms with Gasteiger partial charge in [0.25, 0.3) is 5.91 Å². The highest BCUT2D eigenvalue weighted by Gasteiger charge is 2.19. The average molecular weight is 280 g/mol. The monoisotopic (exact) mass is 280 g/mol.